The maximum Gasteiger partial charge on any atom is 0.407 e. The molecule has 28 heteroatoms. The van der Waals surface area contributed by atoms with Gasteiger partial charge >= 0.3 is 12.1 Å². The summed E-state index contributed by atoms with van der Waals surface area (Å²) in [4.78, 5) is 51.6. The highest BCUT2D eigenvalue weighted by atomic mass is 16.8. The number of aliphatic hydroxyl groups is 11. The van der Waals surface area contributed by atoms with Gasteiger partial charge in [0.2, 0.25) is 11.8 Å². The standard InChI is InChI=1S/C47H65N3O25/c1-17(29(42(64)65)50-47(66)68-15-24-22-10-6-4-8-20(22)21-9-5-7-11-23(21)24)69-44-31(49-19(3)55)41(75-46-39(63)37(61)33(57)26(13-52)71-46)34(58)28(73-44)16-67-43-30(48-18(2)54)35(59)40(27(14-53)72-43)74-45-38(62)36(60)32(56)25(12-51)70-45/h4-11,17,24-41,43-46,51-53,56-63H,12-16H2,1-3H3,(H,48,54)(H,49,55)(H,50,66)(H,64,65)/t17-,25-,26-,27-,28-,29+,30-,31-,32+,33+,34+,35-,36+,37+,38-,39-,40-,41-,43-,44+,45+,46+/m1/s1. The van der Waals surface area contributed by atoms with Crippen LogP contribution in [0.5, 0.6) is 0 Å². The summed E-state index contributed by atoms with van der Waals surface area (Å²) in [6, 6.07) is 9.82. The van der Waals surface area contributed by atoms with Gasteiger partial charge in [0.15, 0.2) is 31.2 Å². The average Bonchev–Trinajstić information content (AvgIpc) is 3.70. The summed E-state index contributed by atoms with van der Waals surface area (Å²) < 4.78 is 52.4. The number of nitrogens with one attached hydrogen (secondary N) is 3. The van der Waals surface area contributed by atoms with E-state index in [0.29, 0.717) is 0 Å². The fourth-order valence-electron chi connectivity index (χ4n) is 9.78. The maximum atomic E-state index is 13.4. The van der Waals surface area contributed by atoms with E-state index in [0.717, 1.165) is 36.1 Å². The maximum absolute atomic E-state index is 13.4. The third kappa shape index (κ3) is 12.7. The molecule has 0 unspecified atom stereocenters. The van der Waals surface area contributed by atoms with Gasteiger partial charge in [0.05, 0.1) is 32.5 Å². The van der Waals surface area contributed by atoms with Crippen molar-refractivity contribution < 1.29 is 123 Å². The molecule has 4 heterocycles. The molecule has 5 aliphatic rings. The molecule has 0 saturated carbocycles. The molecule has 0 spiro atoms. The second-order valence-electron chi connectivity index (χ2n) is 18.8. The largest absolute Gasteiger partial charge is 0.480 e. The normalized spacial score (nSPS) is 37.6. The minimum absolute atomic E-state index is 0.191. The first-order valence-electron chi connectivity index (χ1n) is 24.0. The molecule has 4 saturated heterocycles. The first-order chi connectivity index (χ1) is 35.7. The van der Waals surface area contributed by atoms with E-state index in [1.165, 1.54) is 6.92 Å². The van der Waals surface area contributed by atoms with E-state index >= 15 is 0 Å². The minimum Gasteiger partial charge on any atom is -0.480 e. The van der Waals surface area contributed by atoms with Gasteiger partial charge < -0.3 is 120 Å². The monoisotopic (exact) mass is 1070 g/mol. The Morgan fingerprint density at radius 3 is 1.55 bits per heavy atom. The van der Waals surface area contributed by atoms with Crippen LogP contribution in [0.1, 0.15) is 37.8 Å². The highest BCUT2D eigenvalue weighted by Crippen LogP contribution is 2.44. The van der Waals surface area contributed by atoms with Crippen LogP contribution in [0.4, 0.5) is 4.79 Å². The van der Waals surface area contributed by atoms with Gasteiger partial charge in [0.25, 0.3) is 0 Å². The van der Waals surface area contributed by atoms with Crippen LogP contribution >= 0.6 is 0 Å². The number of alkyl carbamates (subject to hydrolysis) is 1. The molecule has 418 valence electrons. The number of carbonyl (C=O) groups is 4. The molecule has 28 nitrogen and oxygen atoms in total. The van der Waals surface area contributed by atoms with Gasteiger partial charge in [-0.05, 0) is 29.2 Å². The molecule has 1 aliphatic carbocycles. The number of fused-ring (bicyclic) bond motifs is 3. The zero-order chi connectivity index (χ0) is 54.6. The Morgan fingerprint density at radius 2 is 1.04 bits per heavy atom. The van der Waals surface area contributed by atoms with Gasteiger partial charge in [-0.25, -0.2) is 9.59 Å². The smallest absolute Gasteiger partial charge is 0.407 e. The van der Waals surface area contributed by atoms with Crippen molar-refractivity contribution in [2.45, 2.75) is 162 Å². The molecule has 0 aromatic heterocycles. The summed E-state index contributed by atoms with van der Waals surface area (Å²) >= 11 is 0. The lowest BCUT2D eigenvalue weighted by molar-refractivity contribution is -0.359. The van der Waals surface area contributed by atoms with Gasteiger partial charge in [-0.3, -0.25) is 9.59 Å². The van der Waals surface area contributed by atoms with Crippen LogP contribution in [0.15, 0.2) is 48.5 Å². The molecule has 75 heavy (non-hydrogen) atoms. The number of carbonyl (C=O) groups excluding carboxylic acids is 3. The number of amides is 3. The Bertz CT molecular complexity index is 2220. The molecular formula is C47H65N3O25. The van der Waals surface area contributed by atoms with E-state index in [4.69, 9.17) is 42.6 Å². The van der Waals surface area contributed by atoms with Crippen molar-refractivity contribution in [1.82, 2.24) is 16.0 Å². The lowest BCUT2D eigenvalue weighted by Crippen LogP contribution is -2.69. The second kappa shape index (κ2) is 25.2. The van der Waals surface area contributed by atoms with Gasteiger partial charge in [-0.2, -0.15) is 0 Å². The number of aliphatic carboxylic acids is 1. The van der Waals surface area contributed by atoms with E-state index in [1.807, 2.05) is 48.5 Å². The summed E-state index contributed by atoms with van der Waals surface area (Å²) in [5.41, 5.74) is 3.64. The number of hydrogen-bond acceptors (Lipinski definition) is 24. The molecule has 7 rings (SSSR count). The van der Waals surface area contributed by atoms with Crippen LogP contribution in [0, 0.1) is 0 Å². The molecule has 2 aromatic rings. The Labute approximate surface area is 427 Å². The molecule has 4 aliphatic heterocycles. The van der Waals surface area contributed by atoms with Crippen LogP contribution in [0.2, 0.25) is 0 Å². The number of benzene rings is 2. The number of carboxylic acid groups (broad SMARTS) is 1. The number of carboxylic acids is 1. The Kier molecular flexibility index (Phi) is 19.5. The first kappa shape index (κ1) is 58.1. The summed E-state index contributed by atoms with van der Waals surface area (Å²) in [6.07, 6.45) is -35.5. The highest BCUT2D eigenvalue weighted by Gasteiger charge is 2.55. The summed E-state index contributed by atoms with van der Waals surface area (Å²) in [5, 5.41) is 135. The molecule has 2 aromatic carbocycles. The number of hydrogen-bond donors (Lipinski definition) is 15. The van der Waals surface area contributed by atoms with Crippen molar-refractivity contribution in [2.75, 3.05) is 33.0 Å². The van der Waals surface area contributed by atoms with Crippen LogP contribution in [0.3, 0.4) is 0 Å². The summed E-state index contributed by atoms with van der Waals surface area (Å²) in [7, 11) is 0. The fraction of sp³-hybridized carbons (Fsp3) is 0.660. The lowest BCUT2D eigenvalue weighted by atomic mass is 9.94. The second-order valence-corrected chi connectivity index (χ2v) is 18.8. The first-order valence-corrected chi connectivity index (χ1v) is 24.0. The van der Waals surface area contributed by atoms with Crippen molar-refractivity contribution in [3.63, 3.8) is 0 Å². The molecule has 22 atom stereocenters. The molecule has 4 fully saturated rings. The molecular weight excluding hydrogens is 1010 g/mol. The topological polar surface area (TPSA) is 430 Å². The zero-order valence-electron chi connectivity index (χ0n) is 40.6. The molecule has 3 amide bonds. The Balaban J connectivity index is 1.12. The predicted molar refractivity (Wildman–Crippen MR) is 245 cm³/mol. The quantitative estimate of drug-likeness (QED) is 0.0623. The highest BCUT2D eigenvalue weighted by molar-refractivity contribution is 5.81. The van der Waals surface area contributed by atoms with Gasteiger partial charge in [0, 0.05) is 19.8 Å². The van der Waals surface area contributed by atoms with E-state index in [9.17, 15) is 80.5 Å². The van der Waals surface area contributed by atoms with Gasteiger partial charge in [-0.15, -0.1) is 0 Å². The Morgan fingerprint density at radius 1 is 0.560 bits per heavy atom. The van der Waals surface area contributed by atoms with Crippen molar-refractivity contribution >= 4 is 23.9 Å². The van der Waals surface area contributed by atoms with Crippen molar-refractivity contribution in [1.29, 1.82) is 0 Å². The van der Waals surface area contributed by atoms with Crippen molar-refractivity contribution in [2.24, 2.45) is 0 Å². The van der Waals surface area contributed by atoms with E-state index in [-0.39, 0.29) is 6.61 Å². The van der Waals surface area contributed by atoms with Crippen LogP contribution in [0.25, 0.3) is 11.1 Å². The van der Waals surface area contributed by atoms with Crippen molar-refractivity contribution in [3.05, 3.63) is 59.7 Å². The predicted octanol–water partition coefficient (Wildman–Crippen LogP) is -6.06. The fourth-order valence-corrected chi connectivity index (χ4v) is 9.78. The van der Waals surface area contributed by atoms with Crippen LogP contribution in [-0.2, 0) is 57.0 Å². The number of aliphatic hydroxyl groups excluding tert-OH is 11. The van der Waals surface area contributed by atoms with Crippen LogP contribution in [-0.4, -0.2) is 253 Å². The van der Waals surface area contributed by atoms with Gasteiger partial charge in [-0.1, -0.05) is 48.5 Å². The number of rotatable bonds is 19. The van der Waals surface area contributed by atoms with E-state index in [1.54, 1.807) is 0 Å². The van der Waals surface area contributed by atoms with Crippen molar-refractivity contribution in [3.8, 4) is 11.1 Å². The molecule has 0 bridgehead atoms. The SMILES string of the molecule is CC(=O)N[C@H]1[C@H](OC[C@H]2O[C@H](O[C@H](C)[C@H](NC(=O)OCC3c4ccccc4-c4ccccc43)C(=O)O)[C@H](NC(C)=O)[C@@H](O[C@@H]3O[C@H](CO)[C@H](O)[C@H](O)[C@H]3O)[C@H]2O)O[C@H](CO)[C@@H](O[C@@H]2O[C@H](CO)[C@H](O)[C@H](O)[C@H]2O)[C@@H]1O. The zero-order valence-corrected chi connectivity index (χ0v) is 40.6. The third-order valence-electron chi connectivity index (χ3n) is 13.7. The lowest BCUT2D eigenvalue weighted by Gasteiger charge is -2.49. The van der Waals surface area contributed by atoms with E-state index < -0.39 is 191 Å². The van der Waals surface area contributed by atoms with E-state index in [2.05, 4.69) is 16.0 Å². The summed E-state index contributed by atoms with van der Waals surface area (Å²) in [5.74, 6) is -3.59. The summed E-state index contributed by atoms with van der Waals surface area (Å²) in [6.45, 7) is -0.382. The van der Waals surface area contributed by atoms with Crippen LogP contribution < -0.4 is 16.0 Å². The minimum atomic E-state index is -2.06. The molecule has 15 N–H and O–H groups in total. The van der Waals surface area contributed by atoms with Gasteiger partial charge in [0.1, 0.15) is 104 Å². The molecule has 0 radical (unpaired) electrons. The number of ether oxygens (including phenoxy) is 9. The third-order valence-corrected chi connectivity index (χ3v) is 13.7. The average molecular weight is 1070 g/mol. The Hall–Kier alpha value is -4.64.